The van der Waals surface area contributed by atoms with Crippen LogP contribution in [0.4, 0.5) is 0 Å². The maximum absolute atomic E-state index is 11.1. The summed E-state index contributed by atoms with van der Waals surface area (Å²) in [5, 5.41) is 3.07. The van der Waals surface area contributed by atoms with E-state index in [1.54, 1.807) is 0 Å². The van der Waals surface area contributed by atoms with Gasteiger partial charge in [0, 0.05) is 12.1 Å². The zero-order chi connectivity index (χ0) is 8.81. The van der Waals surface area contributed by atoms with Crippen molar-refractivity contribution in [3.8, 4) is 12.3 Å². The molecule has 0 unspecified atom stereocenters. The normalized spacial score (nSPS) is 14.8. The third kappa shape index (κ3) is 3.97. The lowest BCUT2D eigenvalue weighted by molar-refractivity contribution is -0.137. The number of hydrogen-bond donors (Lipinski definition) is 1. The maximum atomic E-state index is 11.1. The summed E-state index contributed by atoms with van der Waals surface area (Å²) in [6.07, 6.45) is 7.70. The molecular weight excluding hydrogens is 190 g/mol. The smallest absolute Gasteiger partial charge is 0.335 e. The molecule has 72 valence electrons. The van der Waals surface area contributed by atoms with E-state index in [9.17, 15) is 4.79 Å². The average Bonchev–Trinajstić information content (AvgIpc) is 2.15. The van der Waals surface area contributed by atoms with Crippen molar-refractivity contribution >= 4 is 18.4 Å². The summed E-state index contributed by atoms with van der Waals surface area (Å²) in [6.45, 7) is 1.56. The summed E-state index contributed by atoms with van der Waals surface area (Å²) in [5.74, 6) is 1.94. The molecule has 4 heteroatoms. The van der Waals surface area contributed by atoms with E-state index in [1.165, 1.54) is 0 Å². The molecule has 0 aromatic rings. The Bertz CT molecular complexity index is 242. The van der Waals surface area contributed by atoms with Gasteiger partial charge in [0.2, 0.25) is 0 Å². The van der Waals surface area contributed by atoms with E-state index < -0.39 is 0 Å². The molecule has 0 saturated carbocycles. The Morgan fingerprint density at radius 2 is 2.54 bits per heavy atom. The van der Waals surface area contributed by atoms with Crippen LogP contribution in [-0.2, 0) is 9.53 Å². The molecule has 0 amide bonds. The van der Waals surface area contributed by atoms with Crippen molar-refractivity contribution < 1.29 is 9.53 Å². The van der Waals surface area contributed by atoms with Crippen LogP contribution < -0.4 is 5.32 Å². The van der Waals surface area contributed by atoms with Gasteiger partial charge in [-0.2, -0.15) is 0 Å². The van der Waals surface area contributed by atoms with Crippen molar-refractivity contribution in [1.29, 1.82) is 0 Å². The summed E-state index contributed by atoms with van der Waals surface area (Å²) in [7, 11) is 0. The Hall–Kier alpha value is -0.980. The molecule has 0 aromatic heterocycles. The highest BCUT2D eigenvalue weighted by Gasteiger charge is 2.11. The van der Waals surface area contributed by atoms with E-state index in [1.807, 2.05) is 6.08 Å². The van der Waals surface area contributed by atoms with Gasteiger partial charge in [0.05, 0.1) is 0 Å². The Morgan fingerprint density at radius 1 is 1.77 bits per heavy atom. The number of nitrogens with one attached hydrogen (secondary N) is 1. The van der Waals surface area contributed by atoms with Gasteiger partial charge in [-0.3, -0.25) is 0 Å². The highest BCUT2D eigenvalue weighted by Crippen LogP contribution is 2.02. The van der Waals surface area contributed by atoms with Crippen molar-refractivity contribution in [3.05, 3.63) is 11.6 Å². The first kappa shape index (κ1) is 12.0. The standard InChI is InChI=1S/C9H11NO2.ClH/c1-2-6-12-9(11)8-4-3-5-10-7-8;/h1,4,10H,3,5-7H2;1H. The maximum Gasteiger partial charge on any atom is 0.335 e. The second-order valence-corrected chi connectivity index (χ2v) is 2.48. The van der Waals surface area contributed by atoms with E-state index >= 15 is 0 Å². The number of halogens is 1. The van der Waals surface area contributed by atoms with E-state index in [-0.39, 0.29) is 25.0 Å². The third-order valence-electron chi connectivity index (χ3n) is 1.58. The predicted octanol–water partition coefficient (Wildman–Crippen LogP) is 0.504. The van der Waals surface area contributed by atoms with Crippen LogP contribution in [-0.4, -0.2) is 25.7 Å². The molecule has 1 rings (SSSR count). The molecule has 13 heavy (non-hydrogen) atoms. The SMILES string of the molecule is C#CCOC(=O)C1=CCCNC1.Cl. The van der Waals surface area contributed by atoms with Crippen LogP contribution in [0.5, 0.6) is 0 Å². The lowest BCUT2D eigenvalue weighted by Gasteiger charge is -2.12. The average molecular weight is 202 g/mol. The number of carbonyl (C=O) groups is 1. The number of esters is 1. The fourth-order valence-corrected chi connectivity index (χ4v) is 0.999. The summed E-state index contributed by atoms with van der Waals surface area (Å²) in [5.41, 5.74) is 0.677. The second kappa shape index (κ2) is 6.53. The quantitative estimate of drug-likeness (QED) is 0.523. The van der Waals surface area contributed by atoms with Gasteiger partial charge in [0.25, 0.3) is 0 Å². The minimum Gasteiger partial charge on any atom is -0.449 e. The van der Waals surface area contributed by atoms with Crippen molar-refractivity contribution in [3.63, 3.8) is 0 Å². The molecule has 0 fully saturated rings. The molecule has 1 heterocycles. The van der Waals surface area contributed by atoms with Crippen LogP contribution in [0.15, 0.2) is 11.6 Å². The second-order valence-electron chi connectivity index (χ2n) is 2.48. The van der Waals surface area contributed by atoms with Crippen molar-refractivity contribution in [2.24, 2.45) is 0 Å². The van der Waals surface area contributed by atoms with Gasteiger partial charge in [-0.05, 0) is 13.0 Å². The van der Waals surface area contributed by atoms with Gasteiger partial charge in [0.15, 0.2) is 6.61 Å². The van der Waals surface area contributed by atoms with Gasteiger partial charge in [-0.15, -0.1) is 18.8 Å². The molecule has 1 aliphatic heterocycles. The molecule has 0 bridgehead atoms. The number of rotatable bonds is 2. The first-order valence-corrected chi connectivity index (χ1v) is 3.85. The number of hydrogen-bond acceptors (Lipinski definition) is 3. The first-order chi connectivity index (χ1) is 5.84. The fourth-order valence-electron chi connectivity index (χ4n) is 0.999. The molecule has 0 radical (unpaired) electrons. The van der Waals surface area contributed by atoms with Crippen molar-refractivity contribution in [2.45, 2.75) is 6.42 Å². The lowest BCUT2D eigenvalue weighted by atomic mass is 10.1. The molecule has 0 saturated heterocycles. The van der Waals surface area contributed by atoms with E-state index in [0.29, 0.717) is 12.1 Å². The van der Waals surface area contributed by atoms with Crippen LogP contribution in [0.3, 0.4) is 0 Å². The third-order valence-corrected chi connectivity index (χ3v) is 1.58. The highest BCUT2D eigenvalue weighted by atomic mass is 35.5. The minimum atomic E-state index is -0.305. The Kier molecular flexibility index (Phi) is 6.03. The molecule has 1 aliphatic rings. The monoisotopic (exact) mass is 201 g/mol. The largest absolute Gasteiger partial charge is 0.449 e. The number of carbonyl (C=O) groups excluding carboxylic acids is 1. The van der Waals surface area contributed by atoms with E-state index in [2.05, 4.69) is 11.2 Å². The first-order valence-electron chi connectivity index (χ1n) is 3.85. The molecule has 0 aromatic carbocycles. The topological polar surface area (TPSA) is 38.3 Å². The Morgan fingerprint density at radius 3 is 3.08 bits per heavy atom. The molecule has 0 atom stereocenters. The van der Waals surface area contributed by atoms with Crippen molar-refractivity contribution in [2.75, 3.05) is 19.7 Å². The zero-order valence-electron chi connectivity index (χ0n) is 7.21. The Balaban J connectivity index is 0.00000144. The number of terminal acetylenes is 1. The Labute approximate surface area is 83.9 Å². The van der Waals surface area contributed by atoms with Gasteiger partial charge >= 0.3 is 5.97 Å². The van der Waals surface area contributed by atoms with Crippen LogP contribution in [0, 0.1) is 12.3 Å². The van der Waals surface area contributed by atoms with Crippen LogP contribution >= 0.6 is 12.4 Å². The lowest BCUT2D eigenvalue weighted by Crippen LogP contribution is -2.26. The summed E-state index contributed by atoms with van der Waals surface area (Å²) >= 11 is 0. The van der Waals surface area contributed by atoms with Crippen molar-refractivity contribution in [1.82, 2.24) is 5.32 Å². The zero-order valence-corrected chi connectivity index (χ0v) is 8.02. The summed E-state index contributed by atoms with van der Waals surface area (Å²) in [4.78, 5) is 11.1. The van der Waals surface area contributed by atoms with E-state index in [4.69, 9.17) is 11.2 Å². The van der Waals surface area contributed by atoms with Crippen LogP contribution in [0.1, 0.15) is 6.42 Å². The number of ether oxygens (including phenoxy) is 1. The molecule has 1 N–H and O–H groups in total. The molecule has 0 aliphatic carbocycles. The predicted molar refractivity (Wildman–Crippen MR) is 52.6 cm³/mol. The summed E-state index contributed by atoms with van der Waals surface area (Å²) < 4.78 is 4.75. The molecular formula is C9H12ClNO2. The molecule has 3 nitrogen and oxygen atoms in total. The fraction of sp³-hybridized carbons (Fsp3) is 0.444. The van der Waals surface area contributed by atoms with Crippen LogP contribution in [0.25, 0.3) is 0 Å². The summed E-state index contributed by atoms with van der Waals surface area (Å²) in [6, 6.07) is 0. The van der Waals surface area contributed by atoms with Gasteiger partial charge in [-0.1, -0.05) is 12.0 Å². The highest BCUT2D eigenvalue weighted by molar-refractivity contribution is 5.89. The van der Waals surface area contributed by atoms with E-state index in [0.717, 1.165) is 13.0 Å². The minimum absolute atomic E-state index is 0. The molecule has 0 spiro atoms. The van der Waals surface area contributed by atoms with Gasteiger partial charge < -0.3 is 10.1 Å². The van der Waals surface area contributed by atoms with Gasteiger partial charge in [0.1, 0.15) is 0 Å². The van der Waals surface area contributed by atoms with Gasteiger partial charge in [-0.25, -0.2) is 4.79 Å². The van der Waals surface area contributed by atoms with Crippen LogP contribution in [0.2, 0.25) is 0 Å².